The molecule has 2 heterocycles. The molecule has 0 spiro atoms. The zero-order valence-corrected chi connectivity index (χ0v) is 28.5. The predicted molar refractivity (Wildman–Crippen MR) is 191 cm³/mol. The van der Waals surface area contributed by atoms with Gasteiger partial charge >= 0.3 is 4.87 Å². The Balaban J connectivity index is 0.000000212. The second kappa shape index (κ2) is 20.4. The van der Waals surface area contributed by atoms with E-state index in [-0.39, 0.29) is 29.1 Å². The van der Waals surface area contributed by atoms with Crippen LogP contribution in [0, 0.1) is 11.8 Å². The molecule has 1 saturated carbocycles. The van der Waals surface area contributed by atoms with Crippen molar-refractivity contribution in [2.24, 2.45) is 17.6 Å². The van der Waals surface area contributed by atoms with Gasteiger partial charge in [-0.05, 0) is 68.4 Å². The van der Waals surface area contributed by atoms with Crippen molar-refractivity contribution in [2.75, 3.05) is 25.5 Å². The molecule has 1 aromatic heterocycles. The topological polar surface area (TPSA) is 156 Å². The number of nitrogens with one attached hydrogen (secondary N) is 3. The molecule has 2 aromatic carbocycles. The van der Waals surface area contributed by atoms with Gasteiger partial charge in [-0.25, -0.2) is 0 Å². The van der Waals surface area contributed by atoms with Crippen LogP contribution in [0.1, 0.15) is 57.6 Å². The Morgan fingerprint density at radius 1 is 1.12 bits per heavy atom. The molecule has 5 N–H and O–H groups in total. The minimum atomic E-state index is -0.463. The van der Waals surface area contributed by atoms with Crippen LogP contribution in [0.4, 0.5) is 5.69 Å². The molecule has 0 radical (unpaired) electrons. The van der Waals surface area contributed by atoms with Gasteiger partial charge in [-0.1, -0.05) is 74.1 Å². The lowest BCUT2D eigenvalue weighted by atomic mass is 10.2. The summed E-state index contributed by atoms with van der Waals surface area (Å²) in [5.41, 5.74) is 9.42. The fraction of sp³-hybridized carbons (Fsp3) is 0.389. The number of rotatable bonds is 14. The lowest BCUT2D eigenvalue weighted by Gasteiger charge is -2.22. The van der Waals surface area contributed by atoms with Crippen molar-refractivity contribution in [1.82, 2.24) is 15.4 Å². The summed E-state index contributed by atoms with van der Waals surface area (Å²) in [5.74, 6) is 1.30. The largest absolute Gasteiger partial charge is 0.497 e. The highest BCUT2D eigenvalue weighted by Gasteiger charge is 2.41. The second-order valence-corrected chi connectivity index (χ2v) is 12.2. The number of hydrogen-bond acceptors (Lipinski definition) is 8. The molecular weight excluding hydrogens is 630 g/mol. The second-order valence-electron chi connectivity index (χ2n) is 11.4. The average Bonchev–Trinajstić information content (AvgIpc) is 3.47. The highest BCUT2D eigenvalue weighted by atomic mass is 32.1. The fourth-order valence-corrected chi connectivity index (χ4v) is 5.52. The van der Waals surface area contributed by atoms with Crippen molar-refractivity contribution in [3.05, 3.63) is 94.1 Å². The van der Waals surface area contributed by atoms with E-state index in [4.69, 9.17) is 15.3 Å². The molecule has 2 fully saturated rings. The van der Waals surface area contributed by atoms with Gasteiger partial charge in [-0.3, -0.25) is 19.2 Å². The van der Waals surface area contributed by atoms with Crippen molar-refractivity contribution < 1.29 is 24.0 Å². The Hall–Kier alpha value is -4.84. The first-order valence-electron chi connectivity index (χ1n) is 16.2. The van der Waals surface area contributed by atoms with Crippen LogP contribution < -0.4 is 31.0 Å². The maximum atomic E-state index is 12.1. The molecule has 1 aliphatic carbocycles. The number of hydroxylamine groups is 1. The Morgan fingerprint density at radius 2 is 1.90 bits per heavy atom. The number of nitrogens with two attached hydrogens (primary N) is 1. The van der Waals surface area contributed by atoms with E-state index < -0.39 is 11.9 Å². The number of carbonyl (C=O) groups excluding carboxylic acids is 3. The number of amides is 3. The van der Waals surface area contributed by atoms with E-state index in [1.807, 2.05) is 54.6 Å². The Labute approximate surface area is 286 Å². The number of ether oxygens (including phenoxy) is 1. The van der Waals surface area contributed by atoms with Gasteiger partial charge < -0.3 is 30.5 Å². The van der Waals surface area contributed by atoms with E-state index in [1.54, 1.807) is 23.5 Å². The molecule has 5 rings (SSSR count). The summed E-state index contributed by atoms with van der Waals surface area (Å²) >= 11 is 1.15. The molecule has 1 saturated heterocycles. The van der Waals surface area contributed by atoms with Crippen LogP contribution in [0.3, 0.4) is 0 Å². The van der Waals surface area contributed by atoms with Gasteiger partial charge in [0.2, 0.25) is 11.8 Å². The number of primary amides is 1. The number of anilines is 1. The standard InChI is InChI=1S/C17H23NO2.C14H19N3O3.C5H5NOS/c1-2-3-4-5-7-10-14-13-16(14)17(19)18-20-15-11-8-6-9-12-15;1-20-11-5-2-4-10(8-11)16-9-13(18)17-7-3-6-12(17)14(15)19;1-2-4-3-8-5(7)6-4/h6-12,14,16H,2-5,13H2,1H3,(H,18,19);2,4-5,8,12,16H,3,6-7,9H2,1H3,(H2,15,19);2-3H,1H2,(H,6,7)/b10-7-;;/t14?,16-;;/m0../s1. The van der Waals surface area contributed by atoms with Crippen molar-refractivity contribution in [3.8, 4) is 11.5 Å². The maximum absolute atomic E-state index is 12.1. The van der Waals surface area contributed by atoms with Crippen LogP contribution in [-0.4, -0.2) is 53.8 Å². The van der Waals surface area contributed by atoms with E-state index in [2.05, 4.69) is 41.4 Å². The minimum absolute atomic E-state index is 0.0166. The van der Waals surface area contributed by atoms with Crippen molar-refractivity contribution in [2.45, 2.75) is 57.9 Å². The quantitative estimate of drug-likeness (QED) is 0.0993. The number of H-pyrrole nitrogens is 1. The van der Waals surface area contributed by atoms with Gasteiger partial charge in [0, 0.05) is 29.6 Å². The third kappa shape index (κ3) is 13.1. The summed E-state index contributed by atoms with van der Waals surface area (Å²) in [6, 6.07) is 16.2. The number of thiazole rings is 1. The normalized spacial score (nSPS) is 17.6. The first-order chi connectivity index (χ1) is 23.2. The van der Waals surface area contributed by atoms with Gasteiger partial charge in [0.15, 0.2) is 5.75 Å². The first kappa shape index (κ1) is 37.6. The summed E-state index contributed by atoms with van der Waals surface area (Å²) in [6.45, 7) is 6.41. The van der Waals surface area contributed by atoms with E-state index in [9.17, 15) is 19.2 Å². The number of benzene rings is 2. The van der Waals surface area contributed by atoms with Crippen LogP contribution in [0.2, 0.25) is 0 Å². The smallest absolute Gasteiger partial charge is 0.304 e. The van der Waals surface area contributed by atoms with Crippen LogP contribution in [-0.2, 0) is 14.4 Å². The van der Waals surface area contributed by atoms with Crippen molar-refractivity contribution >= 4 is 40.8 Å². The van der Waals surface area contributed by atoms with Crippen LogP contribution >= 0.6 is 11.3 Å². The molecular formula is C36H47N5O6S. The zero-order valence-electron chi connectivity index (χ0n) is 27.7. The van der Waals surface area contributed by atoms with Gasteiger partial charge in [0.1, 0.15) is 11.8 Å². The monoisotopic (exact) mass is 677 g/mol. The van der Waals surface area contributed by atoms with Gasteiger partial charge in [0.25, 0.3) is 5.91 Å². The van der Waals surface area contributed by atoms with E-state index >= 15 is 0 Å². The number of hydrogen-bond donors (Lipinski definition) is 4. The number of nitrogens with zero attached hydrogens (tertiary/aromatic N) is 1. The number of para-hydroxylation sites is 1. The molecule has 12 heteroatoms. The first-order valence-corrected chi connectivity index (χ1v) is 17.1. The maximum Gasteiger partial charge on any atom is 0.304 e. The van der Waals surface area contributed by atoms with Crippen molar-refractivity contribution in [3.63, 3.8) is 0 Å². The zero-order chi connectivity index (χ0) is 34.7. The molecule has 48 heavy (non-hydrogen) atoms. The summed E-state index contributed by atoms with van der Waals surface area (Å²) in [5, 5.41) is 4.76. The SMILES string of the molecule is C=Cc1csc(=O)[nH]1.CCCCC/C=C\C1C[C@@H]1C(=O)NOc1ccccc1.COc1cccc(NCC(=O)N2CCCC2C(N)=O)c1. The molecule has 0 bridgehead atoms. The Morgan fingerprint density at radius 3 is 2.54 bits per heavy atom. The van der Waals surface area contributed by atoms with E-state index in [0.29, 0.717) is 24.6 Å². The highest BCUT2D eigenvalue weighted by Crippen LogP contribution is 2.40. The van der Waals surface area contributed by atoms with Crippen LogP contribution in [0.25, 0.3) is 6.08 Å². The van der Waals surface area contributed by atoms with Gasteiger partial charge in [0.05, 0.1) is 19.3 Å². The summed E-state index contributed by atoms with van der Waals surface area (Å²) < 4.78 is 5.11. The van der Waals surface area contributed by atoms with Crippen LogP contribution in [0.5, 0.6) is 11.5 Å². The number of likely N-dealkylation sites (tertiary alicyclic amines) is 1. The third-order valence-electron chi connectivity index (χ3n) is 7.72. The number of carbonyl (C=O) groups is 3. The molecule has 2 aliphatic rings. The fourth-order valence-electron chi connectivity index (χ4n) is 4.95. The van der Waals surface area contributed by atoms with Crippen molar-refractivity contribution in [1.29, 1.82) is 0 Å². The minimum Gasteiger partial charge on any atom is -0.497 e. The van der Waals surface area contributed by atoms with Crippen LogP contribution in [0.15, 0.2) is 83.5 Å². The lowest BCUT2D eigenvalue weighted by molar-refractivity contribution is -0.135. The molecule has 3 atom stereocenters. The highest BCUT2D eigenvalue weighted by molar-refractivity contribution is 7.07. The molecule has 3 aromatic rings. The van der Waals surface area contributed by atoms with E-state index in [0.717, 1.165) is 47.7 Å². The lowest BCUT2D eigenvalue weighted by Crippen LogP contribution is -2.45. The average molecular weight is 678 g/mol. The third-order valence-corrected chi connectivity index (χ3v) is 8.41. The predicted octanol–water partition coefficient (Wildman–Crippen LogP) is 5.53. The summed E-state index contributed by atoms with van der Waals surface area (Å²) in [4.78, 5) is 54.9. The van der Waals surface area contributed by atoms with E-state index in [1.165, 1.54) is 19.3 Å². The van der Waals surface area contributed by atoms with Gasteiger partial charge in [-0.15, -0.1) is 0 Å². The Bertz CT molecular complexity index is 1540. The summed E-state index contributed by atoms with van der Waals surface area (Å²) in [7, 11) is 1.59. The number of aromatic nitrogens is 1. The summed E-state index contributed by atoms with van der Waals surface area (Å²) in [6.07, 6.45) is 13.3. The number of allylic oxidation sites excluding steroid dienone is 2. The number of unbranched alkanes of at least 4 members (excludes halogenated alkanes) is 3. The molecule has 258 valence electrons. The molecule has 11 nitrogen and oxygen atoms in total. The Kier molecular flexibility index (Phi) is 16.0. The molecule has 2 unspecified atom stereocenters. The number of methoxy groups -OCH3 is 1. The molecule has 3 amide bonds. The number of aromatic amines is 1. The van der Waals surface area contributed by atoms with Gasteiger partial charge in [-0.2, -0.15) is 5.48 Å². The molecule has 1 aliphatic heterocycles.